The van der Waals surface area contributed by atoms with Crippen LogP contribution in [0, 0.1) is 0 Å². The van der Waals surface area contributed by atoms with Gasteiger partial charge in [-0.3, -0.25) is 9.36 Å². The number of amides is 1. The van der Waals surface area contributed by atoms with Crippen molar-refractivity contribution in [1.29, 1.82) is 0 Å². The van der Waals surface area contributed by atoms with Gasteiger partial charge in [0.25, 0.3) is 5.91 Å². The Hall–Kier alpha value is -2.60. The molecule has 11 heteroatoms. The molecule has 5 rings (SSSR count). The summed E-state index contributed by atoms with van der Waals surface area (Å²) in [5.41, 5.74) is 0.966. The van der Waals surface area contributed by atoms with Crippen LogP contribution >= 0.6 is 23.1 Å². The lowest BCUT2D eigenvalue weighted by Gasteiger charge is -2.22. The Kier molecular flexibility index (Phi) is 6.54. The number of hydrogen-bond acceptors (Lipinski definition) is 9. The second kappa shape index (κ2) is 9.72. The minimum atomic E-state index is -0.425. The number of hydrogen-bond donors (Lipinski definition) is 0. The van der Waals surface area contributed by atoms with E-state index in [0.717, 1.165) is 35.3 Å². The first-order chi connectivity index (χ1) is 16.2. The number of fused-ring (bicyclic) bond motifs is 1. The van der Waals surface area contributed by atoms with E-state index < -0.39 is 6.10 Å². The lowest BCUT2D eigenvalue weighted by molar-refractivity contribution is -0.114. The van der Waals surface area contributed by atoms with Crippen molar-refractivity contribution in [2.75, 3.05) is 26.6 Å². The van der Waals surface area contributed by atoms with E-state index in [1.807, 2.05) is 17.5 Å². The zero-order valence-electron chi connectivity index (χ0n) is 18.3. The van der Waals surface area contributed by atoms with Crippen LogP contribution in [0.5, 0.6) is 0 Å². The second-order valence-electron chi connectivity index (χ2n) is 7.64. The van der Waals surface area contributed by atoms with E-state index >= 15 is 0 Å². The van der Waals surface area contributed by atoms with Gasteiger partial charge in [-0.15, -0.1) is 21.5 Å². The van der Waals surface area contributed by atoms with Gasteiger partial charge in [-0.25, -0.2) is 4.99 Å². The number of aliphatic imine (C=N–C) groups is 2. The Morgan fingerprint density at radius 3 is 2.94 bits per heavy atom. The van der Waals surface area contributed by atoms with Crippen molar-refractivity contribution < 1.29 is 19.0 Å². The Labute approximate surface area is 199 Å². The number of allylic oxidation sites excluding steroid dienone is 1. The van der Waals surface area contributed by atoms with Gasteiger partial charge in [-0.1, -0.05) is 17.8 Å². The van der Waals surface area contributed by atoms with Gasteiger partial charge in [0.2, 0.25) is 0 Å². The summed E-state index contributed by atoms with van der Waals surface area (Å²) in [6, 6.07) is 4.04. The number of ether oxygens (including phenoxy) is 3. The molecule has 4 heterocycles. The highest BCUT2D eigenvalue weighted by Crippen LogP contribution is 2.30. The standard InChI is InChI=1S/C22H23N5O4S2/c1-29-16-9-14-15(10-17(16)30-2)23-19(24-21(14)28)12-33-22-26-25-20(18-6-4-8-32-18)27(22)11-13-5-3-7-31-13/h4,6,8-10,13,16H,3,5,7,11-12H2,1-2H3. The lowest BCUT2D eigenvalue weighted by atomic mass is 9.99. The van der Waals surface area contributed by atoms with Crippen LogP contribution in [-0.2, 0) is 25.5 Å². The first-order valence-corrected chi connectivity index (χ1v) is 12.5. The molecule has 1 fully saturated rings. The summed E-state index contributed by atoms with van der Waals surface area (Å²) in [5.74, 6) is 1.92. The van der Waals surface area contributed by atoms with E-state index in [1.165, 1.54) is 11.8 Å². The van der Waals surface area contributed by atoms with Crippen LogP contribution in [0.1, 0.15) is 12.8 Å². The summed E-state index contributed by atoms with van der Waals surface area (Å²) in [4.78, 5) is 22.5. The number of aromatic nitrogens is 3. The number of thiophene rings is 1. The topological polar surface area (TPSA) is 100 Å². The van der Waals surface area contributed by atoms with Gasteiger partial charge in [0.15, 0.2) is 11.0 Å². The van der Waals surface area contributed by atoms with Crippen molar-refractivity contribution in [3.63, 3.8) is 0 Å². The van der Waals surface area contributed by atoms with Gasteiger partial charge in [-0.2, -0.15) is 4.99 Å². The summed E-state index contributed by atoms with van der Waals surface area (Å²) in [5, 5.41) is 11.6. The highest BCUT2D eigenvalue weighted by molar-refractivity contribution is 7.99. The van der Waals surface area contributed by atoms with E-state index in [2.05, 4.69) is 24.7 Å². The van der Waals surface area contributed by atoms with Crippen LogP contribution in [-0.4, -0.2) is 71.0 Å². The third kappa shape index (κ3) is 4.58. The quantitative estimate of drug-likeness (QED) is 0.530. The maximum absolute atomic E-state index is 12.6. The van der Waals surface area contributed by atoms with E-state index in [0.29, 0.717) is 35.2 Å². The molecule has 172 valence electrons. The molecule has 9 nitrogen and oxygen atoms in total. The molecule has 2 unspecified atom stereocenters. The summed E-state index contributed by atoms with van der Waals surface area (Å²) < 4.78 is 18.7. The van der Waals surface area contributed by atoms with Gasteiger partial charge >= 0.3 is 0 Å². The predicted molar refractivity (Wildman–Crippen MR) is 127 cm³/mol. The Morgan fingerprint density at radius 1 is 1.30 bits per heavy atom. The average Bonchev–Trinajstić information content (AvgIpc) is 3.60. The molecule has 2 aliphatic heterocycles. The summed E-state index contributed by atoms with van der Waals surface area (Å²) >= 11 is 3.09. The Morgan fingerprint density at radius 2 is 2.21 bits per heavy atom. The molecule has 1 amide bonds. The van der Waals surface area contributed by atoms with Crippen LogP contribution in [0.4, 0.5) is 0 Å². The third-order valence-electron chi connectivity index (χ3n) is 5.55. The number of rotatable bonds is 8. The number of amidine groups is 1. The largest absolute Gasteiger partial charge is 0.498 e. The van der Waals surface area contributed by atoms with E-state index in [1.54, 1.807) is 37.7 Å². The monoisotopic (exact) mass is 485 g/mol. The van der Waals surface area contributed by atoms with E-state index in [-0.39, 0.29) is 12.0 Å². The number of carbonyl (C=O) groups is 1. The van der Waals surface area contributed by atoms with Crippen molar-refractivity contribution in [3.8, 4) is 10.7 Å². The molecular formula is C22H23N5O4S2. The fraction of sp³-hybridized carbons (Fsp3) is 0.409. The second-order valence-corrected chi connectivity index (χ2v) is 9.53. The van der Waals surface area contributed by atoms with Crippen LogP contribution < -0.4 is 0 Å². The van der Waals surface area contributed by atoms with Crippen LogP contribution in [0.15, 0.2) is 56.1 Å². The molecule has 0 saturated carbocycles. The molecular weight excluding hydrogens is 462 g/mol. The van der Waals surface area contributed by atoms with E-state index in [4.69, 9.17) is 14.2 Å². The first kappa shape index (κ1) is 22.2. The molecule has 3 aliphatic rings. The van der Waals surface area contributed by atoms with Gasteiger partial charge < -0.3 is 14.2 Å². The van der Waals surface area contributed by atoms with Crippen molar-refractivity contribution in [2.45, 2.75) is 36.8 Å². The average molecular weight is 486 g/mol. The zero-order valence-corrected chi connectivity index (χ0v) is 19.9. The summed E-state index contributed by atoms with van der Waals surface area (Å²) in [6.07, 6.45) is 5.23. The number of nitrogens with zero attached hydrogens (tertiary/aromatic N) is 5. The molecule has 2 atom stereocenters. The van der Waals surface area contributed by atoms with Gasteiger partial charge in [0.1, 0.15) is 17.7 Å². The number of thioether (sulfide) groups is 1. The number of carbonyl (C=O) groups excluding carboxylic acids is 1. The van der Waals surface area contributed by atoms with Crippen molar-refractivity contribution in [1.82, 2.24) is 14.8 Å². The van der Waals surface area contributed by atoms with Crippen LogP contribution in [0.3, 0.4) is 0 Å². The highest BCUT2D eigenvalue weighted by Gasteiger charge is 2.29. The number of methoxy groups -OCH3 is 2. The molecule has 1 aliphatic carbocycles. The van der Waals surface area contributed by atoms with E-state index in [9.17, 15) is 4.79 Å². The zero-order chi connectivity index (χ0) is 22.8. The van der Waals surface area contributed by atoms with Crippen molar-refractivity contribution in [2.24, 2.45) is 9.98 Å². The smallest absolute Gasteiger partial charge is 0.280 e. The molecule has 33 heavy (non-hydrogen) atoms. The van der Waals surface area contributed by atoms with Crippen LogP contribution in [0.25, 0.3) is 10.7 Å². The first-order valence-electron chi connectivity index (χ1n) is 10.6. The molecule has 0 radical (unpaired) electrons. The normalized spacial score (nSPS) is 22.4. The molecule has 2 aromatic rings. The van der Waals surface area contributed by atoms with Crippen molar-refractivity contribution >= 4 is 40.6 Å². The maximum Gasteiger partial charge on any atom is 0.280 e. The Bertz CT molecular complexity index is 1160. The minimum absolute atomic E-state index is 0.147. The van der Waals surface area contributed by atoms with Crippen molar-refractivity contribution in [3.05, 3.63) is 41.0 Å². The highest BCUT2D eigenvalue weighted by atomic mass is 32.2. The minimum Gasteiger partial charge on any atom is -0.498 e. The fourth-order valence-electron chi connectivity index (χ4n) is 3.92. The molecule has 0 bridgehead atoms. The van der Waals surface area contributed by atoms with Gasteiger partial charge in [-0.05, 0) is 30.4 Å². The lowest BCUT2D eigenvalue weighted by Crippen LogP contribution is -2.27. The molecule has 0 N–H and O–H groups in total. The predicted octanol–water partition coefficient (Wildman–Crippen LogP) is 3.14. The Balaban J connectivity index is 1.37. The molecule has 0 spiro atoms. The van der Waals surface area contributed by atoms with Gasteiger partial charge in [0, 0.05) is 19.8 Å². The fourth-order valence-corrected chi connectivity index (χ4v) is 5.44. The molecule has 2 aromatic heterocycles. The van der Waals surface area contributed by atoms with Gasteiger partial charge in [0.05, 0.1) is 41.7 Å². The molecule has 0 aromatic carbocycles. The SMILES string of the molecule is COC1=CC2=NC(CSc3nnc(-c4cccs4)n3CC3CCCO3)=NC(=O)C2=CC1OC. The third-order valence-corrected chi connectivity index (χ3v) is 7.38. The maximum atomic E-state index is 12.6. The summed E-state index contributed by atoms with van der Waals surface area (Å²) in [7, 11) is 3.13. The van der Waals surface area contributed by atoms with Crippen LogP contribution in [0.2, 0.25) is 0 Å². The summed E-state index contributed by atoms with van der Waals surface area (Å²) in [6.45, 7) is 1.48. The molecule has 1 saturated heterocycles.